The second kappa shape index (κ2) is 7.96. The van der Waals surface area contributed by atoms with Gasteiger partial charge in [-0.2, -0.15) is 0 Å². The van der Waals surface area contributed by atoms with Gasteiger partial charge in [0.2, 0.25) is 0 Å². The van der Waals surface area contributed by atoms with Gasteiger partial charge < -0.3 is 4.74 Å². The molecule has 0 aliphatic carbocycles. The average Bonchev–Trinajstić information content (AvgIpc) is 3.31. The molecule has 1 aliphatic rings. The molecular weight excluding hydrogens is 422 g/mol. The number of benzene rings is 1. The number of hydrogen-bond acceptors (Lipinski definition) is 5. The number of ether oxygens (including phenoxy) is 1. The Morgan fingerprint density at radius 3 is 2.73 bits per heavy atom. The van der Waals surface area contributed by atoms with Gasteiger partial charge in [0.1, 0.15) is 17.0 Å². The number of carbonyl (C=O) groups is 2. The van der Waals surface area contributed by atoms with Crippen molar-refractivity contribution in [3.8, 4) is 0 Å². The highest BCUT2D eigenvalue weighted by Crippen LogP contribution is 2.42. The Kier molecular flexibility index (Phi) is 5.51. The van der Waals surface area contributed by atoms with Crippen LogP contribution in [0.25, 0.3) is 10.9 Å². The third kappa shape index (κ3) is 4.04. The summed E-state index contributed by atoms with van der Waals surface area (Å²) in [4.78, 5) is 32.4. The smallest absolute Gasteiger partial charge is 0.412 e. The largest absolute Gasteiger partial charge is 0.444 e. The van der Waals surface area contributed by atoms with Gasteiger partial charge in [-0.1, -0.05) is 23.7 Å². The first-order valence-electron chi connectivity index (χ1n) is 9.58. The Morgan fingerprint density at radius 1 is 1.23 bits per heavy atom. The maximum absolute atomic E-state index is 13.5. The molecule has 0 N–H and O–H groups in total. The Morgan fingerprint density at radius 2 is 2.03 bits per heavy atom. The average molecular weight is 444 g/mol. The first kappa shape index (κ1) is 20.8. The van der Waals surface area contributed by atoms with E-state index in [4.69, 9.17) is 16.3 Å². The molecular formula is C22H22ClN3O3S. The van der Waals surface area contributed by atoms with E-state index in [1.54, 1.807) is 35.3 Å². The van der Waals surface area contributed by atoms with E-state index in [1.165, 1.54) is 16.7 Å². The number of aromatic nitrogens is 2. The van der Waals surface area contributed by atoms with Crippen molar-refractivity contribution in [2.24, 2.45) is 0 Å². The highest BCUT2D eigenvalue weighted by Gasteiger charge is 2.45. The maximum Gasteiger partial charge on any atom is 0.412 e. The van der Waals surface area contributed by atoms with E-state index in [0.717, 1.165) is 10.9 Å². The maximum atomic E-state index is 13.5. The highest BCUT2D eigenvalue weighted by molar-refractivity contribution is 7.99. The van der Waals surface area contributed by atoms with Crippen molar-refractivity contribution >= 4 is 46.3 Å². The summed E-state index contributed by atoms with van der Waals surface area (Å²) >= 11 is 7.67. The van der Waals surface area contributed by atoms with Crippen molar-refractivity contribution in [3.63, 3.8) is 0 Å². The highest BCUT2D eigenvalue weighted by atomic mass is 35.5. The van der Waals surface area contributed by atoms with Gasteiger partial charge in [0.05, 0.1) is 5.52 Å². The predicted octanol–water partition coefficient (Wildman–Crippen LogP) is 5.38. The normalized spacial score (nSPS) is 19.3. The summed E-state index contributed by atoms with van der Waals surface area (Å²) in [7, 11) is 0. The van der Waals surface area contributed by atoms with Gasteiger partial charge in [-0.15, -0.1) is 11.8 Å². The molecule has 6 nitrogen and oxygen atoms in total. The van der Waals surface area contributed by atoms with Crippen LogP contribution in [0.15, 0.2) is 55.0 Å². The second-order valence-electron chi connectivity index (χ2n) is 8.10. The van der Waals surface area contributed by atoms with Crippen molar-refractivity contribution < 1.29 is 14.3 Å². The Bertz CT molecular complexity index is 1090. The number of thioether (sulfide) groups is 1. The molecule has 0 saturated carbocycles. The zero-order valence-corrected chi connectivity index (χ0v) is 18.5. The van der Waals surface area contributed by atoms with Crippen LogP contribution < -0.4 is 0 Å². The van der Waals surface area contributed by atoms with Crippen molar-refractivity contribution in [1.82, 2.24) is 14.5 Å². The van der Waals surface area contributed by atoms with Gasteiger partial charge in [0.15, 0.2) is 0 Å². The van der Waals surface area contributed by atoms with Gasteiger partial charge in [0.25, 0.3) is 5.91 Å². The summed E-state index contributed by atoms with van der Waals surface area (Å²) in [6.45, 7) is 5.43. The lowest BCUT2D eigenvalue weighted by molar-refractivity contribution is 0.0160. The fourth-order valence-corrected chi connectivity index (χ4v) is 5.03. The minimum absolute atomic E-state index is 0.197. The summed E-state index contributed by atoms with van der Waals surface area (Å²) in [6.07, 6.45) is 4.60. The van der Waals surface area contributed by atoms with E-state index in [-0.39, 0.29) is 11.3 Å². The molecule has 8 heteroatoms. The molecule has 0 spiro atoms. The zero-order chi connectivity index (χ0) is 21.5. The second-order valence-corrected chi connectivity index (χ2v) is 9.65. The fraction of sp³-hybridized carbons (Fsp3) is 0.318. The molecule has 1 amide bonds. The number of amides is 1. The zero-order valence-electron chi connectivity index (χ0n) is 16.9. The molecule has 1 aromatic carbocycles. The lowest BCUT2D eigenvalue weighted by atomic mass is 10.2. The number of rotatable bonds is 2. The molecule has 2 aromatic heterocycles. The minimum Gasteiger partial charge on any atom is -0.444 e. The van der Waals surface area contributed by atoms with Crippen molar-refractivity contribution in [2.45, 2.75) is 37.8 Å². The molecule has 1 aliphatic heterocycles. The van der Waals surface area contributed by atoms with Gasteiger partial charge >= 0.3 is 6.09 Å². The van der Waals surface area contributed by atoms with Crippen LogP contribution in [-0.4, -0.2) is 43.8 Å². The van der Waals surface area contributed by atoms with Crippen LogP contribution in [0.4, 0.5) is 4.79 Å². The van der Waals surface area contributed by atoms with Gasteiger partial charge in [0, 0.05) is 40.3 Å². The Hall–Kier alpha value is -2.51. The van der Waals surface area contributed by atoms with Crippen molar-refractivity contribution in [1.29, 1.82) is 0 Å². The van der Waals surface area contributed by atoms with E-state index < -0.39 is 17.7 Å². The number of carbonyl (C=O) groups excluding carboxylic acids is 2. The third-order valence-corrected chi connectivity index (χ3v) is 6.31. The monoisotopic (exact) mass is 443 g/mol. The SMILES string of the molecule is CC(C)(C)OC(=O)N1C(c2cccnc2)SC[C@H]1C(=O)n1ccc2ccc(Cl)cc21. The molecule has 4 rings (SSSR count). The minimum atomic E-state index is -0.676. The molecule has 1 fully saturated rings. The van der Waals surface area contributed by atoms with E-state index >= 15 is 0 Å². The summed E-state index contributed by atoms with van der Waals surface area (Å²) in [5.74, 6) is 0.259. The molecule has 30 heavy (non-hydrogen) atoms. The van der Waals surface area contributed by atoms with Crippen LogP contribution in [0.1, 0.15) is 36.5 Å². The number of halogens is 1. The number of nitrogens with zero attached hydrogens (tertiary/aromatic N) is 3. The van der Waals surface area contributed by atoms with Crippen molar-refractivity contribution in [2.75, 3.05) is 5.75 Å². The molecule has 156 valence electrons. The fourth-order valence-electron chi connectivity index (χ4n) is 3.47. The molecule has 1 unspecified atom stereocenters. The number of fused-ring (bicyclic) bond motifs is 1. The molecule has 3 aromatic rings. The summed E-state index contributed by atoms with van der Waals surface area (Å²) in [6, 6.07) is 10.3. The van der Waals surface area contributed by atoms with E-state index in [2.05, 4.69) is 4.98 Å². The molecule has 0 bridgehead atoms. The quantitative estimate of drug-likeness (QED) is 0.532. The standard InChI is InChI=1S/C22H22ClN3O3S/c1-22(2,3)29-21(28)26-18(13-30-20(26)15-5-4-9-24-12-15)19(27)25-10-8-14-6-7-16(23)11-17(14)25/h4-12,18,20H,13H2,1-3H3/t18-,20?/m0/s1. The Labute approximate surface area is 184 Å². The number of hydrogen-bond donors (Lipinski definition) is 0. The first-order chi connectivity index (χ1) is 14.2. The van der Waals surface area contributed by atoms with Gasteiger partial charge in [-0.05, 0) is 45.0 Å². The number of pyridine rings is 1. The van der Waals surface area contributed by atoms with Crippen LogP contribution in [0, 0.1) is 0 Å². The van der Waals surface area contributed by atoms with E-state index in [9.17, 15) is 9.59 Å². The van der Waals surface area contributed by atoms with Crippen LogP contribution in [0.5, 0.6) is 0 Å². The third-order valence-electron chi connectivity index (χ3n) is 4.75. The van der Waals surface area contributed by atoms with Gasteiger partial charge in [-0.25, -0.2) is 4.79 Å². The molecule has 3 heterocycles. The topological polar surface area (TPSA) is 64.4 Å². The van der Waals surface area contributed by atoms with E-state index in [0.29, 0.717) is 16.3 Å². The van der Waals surface area contributed by atoms with Crippen LogP contribution in [-0.2, 0) is 4.74 Å². The Balaban J connectivity index is 1.72. The predicted molar refractivity (Wildman–Crippen MR) is 119 cm³/mol. The lowest BCUT2D eigenvalue weighted by Crippen LogP contribution is -2.46. The lowest BCUT2D eigenvalue weighted by Gasteiger charge is -2.31. The van der Waals surface area contributed by atoms with Gasteiger partial charge in [-0.3, -0.25) is 19.2 Å². The molecule has 2 atom stereocenters. The molecule has 1 saturated heterocycles. The summed E-state index contributed by atoms with van der Waals surface area (Å²) in [5, 5.41) is 1.10. The van der Waals surface area contributed by atoms with Crippen molar-refractivity contribution in [3.05, 3.63) is 65.6 Å². The summed E-state index contributed by atoms with van der Waals surface area (Å²) in [5.41, 5.74) is 0.890. The van der Waals surface area contributed by atoms with Crippen LogP contribution >= 0.6 is 23.4 Å². The summed E-state index contributed by atoms with van der Waals surface area (Å²) < 4.78 is 7.21. The van der Waals surface area contributed by atoms with E-state index in [1.807, 2.05) is 45.0 Å². The first-order valence-corrected chi connectivity index (χ1v) is 11.0. The molecule has 0 radical (unpaired) electrons. The van der Waals surface area contributed by atoms with Crippen LogP contribution in [0.2, 0.25) is 5.02 Å². The van der Waals surface area contributed by atoms with Crippen LogP contribution in [0.3, 0.4) is 0 Å².